The van der Waals surface area contributed by atoms with Gasteiger partial charge in [-0.05, 0) is 38.9 Å². The summed E-state index contributed by atoms with van der Waals surface area (Å²) in [6.45, 7) is 7.97. The van der Waals surface area contributed by atoms with Crippen molar-refractivity contribution in [1.29, 1.82) is 0 Å². The van der Waals surface area contributed by atoms with Gasteiger partial charge < -0.3 is 14.2 Å². The number of likely N-dealkylation sites (tertiary alicyclic amines) is 1. The van der Waals surface area contributed by atoms with Crippen LogP contribution >= 0.6 is 0 Å². The number of hydrogen-bond acceptors (Lipinski definition) is 6. The van der Waals surface area contributed by atoms with E-state index in [0.717, 1.165) is 63.9 Å². The van der Waals surface area contributed by atoms with Crippen molar-refractivity contribution in [3.63, 3.8) is 0 Å². The third kappa shape index (κ3) is 4.76. The van der Waals surface area contributed by atoms with Gasteiger partial charge in [-0.15, -0.1) is 0 Å². The van der Waals surface area contributed by atoms with E-state index in [4.69, 9.17) is 9.26 Å². The first kappa shape index (κ1) is 14.9. The van der Waals surface area contributed by atoms with Crippen LogP contribution in [0.1, 0.15) is 37.4 Å². The molecule has 1 aromatic heterocycles. The van der Waals surface area contributed by atoms with E-state index in [1.165, 1.54) is 32.4 Å². The highest BCUT2D eigenvalue weighted by molar-refractivity contribution is 4.87. The Kier molecular flexibility index (Phi) is 5.60. The topological polar surface area (TPSA) is 54.6 Å². The molecule has 6 nitrogen and oxygen atoms in total. The summed E-state index contributed by atoms with van der Waals surface area (Å²) < 4.78 is 10.7. The first-order chi connectivity index (χ1) is 10.4. The molecule has 1 aromatic rings. The lowest BCUT2D eigenvalue weighted by Gasteiger charge is -2.25. The maximum Gasteiger partial charge on any atom is 0.226 e. The summed E-state index contributed by atoms with van der Waals surface area (Å²) in [7, 11) is 0. The molecule has 0 radical (unpaired) electrons. The highest BCUT2D eigenvalue weighted by Crippen LogP contribution is 2.10. The molecule has 0 unspecified atom stereocenters. The fourth-order valence-electron chi connectivity index (χ4n) is 3.05. The highest BCUT2D eigenvalue weighted by Gasteiger charge is 2.15. The van der Waals surface area contributed by atoms with Gasteiger partial charge in [-0.1, -0.05) is 11.6 Å². The predicted molar refractivity (Wildman–Crippen MR) is 79.0 cm³/mol. The minimum Gasteiger partial charge on any atom is -0.379 e. The molecule has 0 saturated carbocycles. The van der Waals surface area contributed by atoms with Crippen molar-refractivity contribution in [3.8, 4) is 0 Å². The molecule has 0 bridgehead atoms. The van der Waals surface area contributed by atoms with Crippen molar-refractivity contribution in [2.24, 2.45) is 0 Å². The van der Waals surface area contributed by atoms with Crippen molar-refractivity contribution in [3.05, 3.63) is 11.7 Å². The first-order valence-corrected chi connectivity index (χ1v) is 8.24. The Morgan fingerprint density at radius 2 is 1.76 bits per heavy atom. The zero-order valence-corrected chi connectivity index (χ0v) is 12.8. The summed E-state index contributed by atoms with van der Waals surface area (Å²) in [6.07, 6.45) is 6.10. The molecule has 0 atom stereocenters. The molecule has 6 heteroatoms. The molecular formula is C15H26N4O2. The number of nitrogens with zero attached hydrogens (tertiary/aromatic N) is 4. The summed E-state index contributed by atoms with van der Waals surface area (Å²) >= 11 is 0. The average Bonchev–Trinajstić information content (AvgIpc) is 2.97. The Labute approximate surface area is 126 Å². The Balaban J connectivity index is 1.37. The molecule has 0 amide bonds. The molecule has 118 valence electrons. The van der Waals surface area contributed by atoms with Gasteiger partial charge in [0.15, 0.2) is 5.82 Å². The lowest BCUT2D eigenvalue weighted by molar-refractivity contribution is 0.0327. The Bertz CT molecular complexity index is 412. The molecule has 21 heavy (non-hydrogen) atoms. The van der Waals surface area contributed by atoms with Crippen LogP contribution in [0.25, 0.3) is 0 Å². The molecule has 2 aliphatic rings. The Hall–Kier alpha value is -0.980. The van der Waals surface area contributed by atoms with Crippen LogP contribution in [-0.4, -0.2) is 65.9 Å². The number of aromatic nitrogens is 2. The van der Waals surface area contributed by atoms with Crippen molar-refractivity contribution in [2.75, 3.05) is 45.9 Å². The lowest BCUT2D eigenvalue weighted by Crippen LogP contribution is -2.35. The highest BCUT2D eigenvalue weighted by atomic mass is 16.5. The fourth-order valence-corrected chi connectivity index (χ4v) is 3.05. The summed E-state index contributed by atoms with van der Waals surface area (Å²) in [5.74, 6) is 1.60. The van der Waals surface area contributed by atoms with E-state index in [0.29, 0.717) is 0 Å². The SMILES string of the molecule is C1CCN(CCCc2nc(CN3CCOCC3)no2)CC1. The van der Waals surface area contributed by atoms with Crippen molar-refractivity contribution in [1.82, 2.24) is 19.9 Å². The Morgan fingerprint density at radius 3 is 2.57 bits per heavy atom. The summed E-state index contributed by atoms with van der Waals surface area (Å²) in [5.41, 5.74) is 0. The van der Waals surface area contributed by atoms with Crippen LogP contribution < -0.4 is 0 Å². The van der Waals surface area contributed by atoms with Crippen LogP contribution in [0.3, 0.4) is 0 Å². The molecular weight excluding hydrogens is 268 g/mol. The van der Waals surface area contributed by atoms with E-state index >= 15 is 0 Å². The second-order valence-corrected chi connectivity index (χ2v) is 6.00. The van der Waals surface area contributed by atoms with Gasteiger partial charge in [0.1, 0.15) is 0 Å². The molecule has 0 aliphatic carbocycles. The molecule has 2 fully saturated rings. The number of hydrogen-bond donors (Lipinski definition) is 0. The molecule has 0 N–H and O–H groups in total. The average molecular weight is 294 g/mol. The van der Waals surface area contributed by atoms with Crippen LogP contribution in [0.2, 0.25) is 0 Å². The third-order valence-corrected chi connectivity index (χ3v) is 4.29. The van der Waals surface area contributed by atoms with E-state index in [1.807, 2.05) is 0 Å². The van der Waals surface area contributed by atoms with Crippen LogP contribution in [0.5, 0.6) is 0 Å². The van der Waals surface area contributed by atoms with Crippen LogP contribution in [-0.2, 0) is 17.7 Å². The van der Waals surface area contributed by atoms with Crippen LogP contribution in [0.15, 0.2) is 4.52 Å². The van der Waals surface area contributed by atoms with Gasteiger partial charge in [0.25, 0.3) is 0 Å². The van der Waals surface area contributed by atoms with Gasteiger partial charge in [0.2, 0.25) is 5.89 Å². The summed E-state index contributed by atoms with van der Waals surface area (Å²) in [5, 5.41) is 4.09. The number of aryl methyl sites for hydroxylation is 1. The maximum absolute atomic E-state index is 5.36. The van der Waals surface area contributed by atoms with E-state index in [2.05, 4.69) is 19.9 Å². The van der Waals surface area contributed by atoms with Crippen molar-refractivity contribution in [2.45, 2.75) is 38.6 Å². The molecule has 0 spiro atoms. The zero-order chi connectivity index (χ0) is 14.3. The molecule has 3 rings (SSSR count). The van der Waals surface area contributed by atoms with Gasteiger partial charge in [-0.25, -0.2) is 0 Å². The normalized spacial score (nSPS) is 21.7. The standard InChI is InChI=1S/C15H26N4O2/c1-2-6-18(7-3-1)8-4-5-15-16-14(17-21-15)13-19-9-11-20-12-10-19/h1-13H2. The quantitative estimate of drug-likeness (QED) is 0.789. The van der Waals surface area contributed by atoms with E-state index in [-0.39, 0.29) is 0 Å². The third-order valence-electron chi connectivity index (χ3n) is 4.29. The second kappa shape index (κ2) is 7.87. The largest absolute Gasteiger partial charge is 0.379 e. The Morgan fingerprint density at radius 1 is 0.952 bits per heavy atom. The monoisotopic (exact) mass is 294 g/mol. The molecule has 3 heterocycles. The van der Waals surface area contributed by atoms with E-state index in [9.17, 15) is 0 Å². The number of rotatable bonds is 6. The summed E-state index contributed by atoms with van der Waals surface area (Å²) in [4.78, 5) is 9.37. The second-order valence-electron chi connectivity index (χ2n) is 6.00. The predicted octanol–water partition coefficient (Wildman–Crippen LogP) is 1.32. The van der Waals surface area contributed by atoms with Crippen molar-refractivity contribution >= 4 is 0 Å². The lowest BCUT2D eigenvalue weighted by atomic mass is 10.1. The van der Waals surface area contributed by atoms with Gasteiger partial charge in [-0.3, -0.25) is 4.90 Å². The molecule has 2 saturated heterocycles. The molecule has 2 aliphatic heterocycles. The first-order valence-electron chi connectivity index (χ1n) is 8.24. The van der Waals surface area contributed by atoms with Crippen molar-refractivity contribution < 1.29 is 9.26 Å². The number of morpholine rings is 1. The maximum atomic E-state index is 5.36. The van der Waals surface area contributed by atoms with E-state index in [1.54, 1.807) is 0 Å². The number of piperidine rings is 1. The van der Waals surface area contributed by atoms with Crippen LogP contribution in [0.4, 0.5) is 0 Å². The smallest absolute Gasteiger partial charge is 0.226 e. The fraction of sp³-hybridized carbons (Fsp3) is 0.867. The molecule has 0 aromatic carbocycles. The van der Waals surface area contributed by atoms with Crippen LogP contribution in [0, 0.1) is 0 Å². The minimum absolute atomic E-state index is 0.777. The van der Waals surface area contributed by atoms with Gasteiger partial charge >= 0.3 is 0 Å². The number of ether oxygens (including phenoxy) is 1. The van der Waals surface area contributed by atoms with Gasteiger partial charge in [-0.2, -0.15) is 4.98 Å². The van der Waals surface area contributed by atoms with E-state index < -0.39 is 0 Å². The zero-order valence-electron chi connectivity index (χ0n) is 12.8. The summed E-state index contributed by atoms with van der Waals surface area (Å²) in [6, 6.07) is 0. The van der Waals surface area contributed by atoms with Gasteiger partial charge in [0.05, 0.1) is 19.8 Å². The van der Waals surface area contributed by atoms with Gasteiger partial charge in [0, 0.05) is 19.5 Å². The minimum atomic E-state index is 0.777.